The lowest BCUT2D eigenvalue weighted by Crippen LogP contribution is -2.22. The van der Waals surface area contributed by atoms with Crippen molar-refractivity contribution < 1.29 is 14.3 Å². The highest BCUT2D eigenvalue weighted by molar-refractivity contribution is 8.00. The molecule has 0 radical (unpaired) electrons. The Balaban J connectivity index is 1.88. The average Bonchev–Trinajstić information content (AvgIpc) is 2.96. The normalized spacial score (nSPS) is 11.8. The number of amides is 1. The second kappa shape index (κ2) is 8.70. The first-order valence-electron chi connectivity index (χ1n) is 7.41. The van der Waals surface area contributed by atoms with E-state index in [0.29, 0.717) is 23.1 Å². The maximum absolute atomic E-state index is 12.2. The molecular weight excluding hydrogens is 346 g/mol. The van der Waals surface area contributed by atoms with Gasteiger partial charge in [-0.15, -0.1) is 23.1 Å². The molecule has 0 bridgehead atoms. The molecule has 2 aromatic rings. The van der Waals surface area contributed by atoms with Crippen LogP contribution < -0.4 is 11.1 Å². The van der Waals surface area contributed by atoms with E-state index in [1.165, 1.54) is 23.1 Å². The van der Waals surface area contributed by atoms with Crippen LogP contribution in [-0.4, -0.2) is 28.7 Å². The van der Waals surface area contributed by atoms with E-state index in [4.69, 9.17) is 10.5 Å². The summed E-state index contributed by atoms with van der Waals surface area (Å²) in [5, 5.41) is 4.70. The van der Waals surface area contributed by atoms with Crippen molar-refractivity contribution in [3.8, 4) is 0 Å². The molecule has 0 aliphatic rings. The highest BCUT2D eigenvalue weighted by atomic mass is 32.2. The molecule has 0 fully saturated rings. The molecule has 0 aliphatic heterocycles. The highest BCUT2D eigenvalue weighted by Gasteiger charge is 2.16. The Kier molecular flexibility index (Phi) is 6.62. The van der Waals surface area contributed by atoms with Gasteiger partial charge in [0.2, 0.25) is 5.91 Å². The van der Waals surface area contributed by atoms with E-state index in [-0.39, 0.29) is 23.5 Å². The van der Waals surface area contributed by atoms with Crippen molar-refractivity contribution in [1.82, 2.24) is 4.98 Å². The summed E-state index contributed by atoms with van der Waals surface area (Å²) in [5.74, 6) is -0.471. The molecule has 0 aliphatic carbocycles. The fourth-order valence-corrected chi connectivity index (χ4v) is 3.40. The molecule has 24 heavy (non-hydrogen) atoms. The zero-order chi connectivity index (χ0) is 17.5. The van der Waals surface area contributed by atoms with Crippen LogP contribution in [0.1, 0.15) is 19.5 Å². The Bertz CT molecular complexity index is 701. The predicted molar refractivity (Wildman–Crippen MR) is 97.3 cm³/mol. The Labute approximate surface area is 148 Å². The third kappa shape index (κ3) is 5.54. The molecule has 3 N–H and O–H groups in total. The van der Waals surface area contributed by atoms with E-state index >= 15 is 0 Å². The molecule has 1 unspecified atom stereocenters. The number of nitrogens with one attached hydrogen (secondary N) is 1. The van der Waals surface area contributed by atoms with Gasteiger partial charge in [0.1, 0.15) is 0 Å². The number of hydrogen-bond acceptors (Lipinski definition) is 7. The average molecular weight is 365 g/mol. The number of aromatic nitrogens is 1. The monoisotopic (exact) mass is 365 g/mol. The van der Waals surface area contributed by atoms with Gasteiger partial charge in [-0.05, 0) is 38.1 Å². The number of ether oxygens (including phenoxy) is 1. The Morgan fingerprint density at radius 1 is 1.38 bits per heavy atom. The first kappa shape index (κ1) is 18.3. The largest absolute Gasteiger partial charge is 0.466 e. The lowest BCUT2D eigenvalue weighted by atomic mass is 10.3. The van der Waals surface area contributed by atoms with Crippen LogP contribution in [0, 0.1) is 0 Å². The minimum absolute atomic E-state index is 0.107. The Morgan fingerprint density at radius 2 is 2.08 bits per heavy atom. The topological polar surface area (TPSA) is 94.3 Å². The number of rotatable bonds is 7. The van der Waals surface area contributed by atoms with Crippen LogP contribution in [0.4, 0.5) is 10.8 Å². The minimum Gasteiger partial charge on any atom is -0.466 e. The van der Waals surface area contributed by atoms with Crippen LogP contribution in [0.3, 0.4) is 0 Å². The highest BCUT2D eigenvalue weighted by Crippen LogP contribution is 2.25. The SMILES string of the molecule is CCOC(=O)Cc1csc(NC(=O)C(C)Sc2ccc(N)cc2)n1. The molecule has 0 spiro atoms. The van der Waals surface area contributed by atoms with Crippen molar-refractivity contribution in [3.05, 3.63) is 35.3 Å². The quantitative estimate of drug-likeness (QED) is 0.445. The summed E-state index contributed by atoms with van der Waals surface area (Å²) < 4.78 is 4.88. The van der Waals surface area contributed by atoms with Crippen LogP contribution in [0.15, 0.2) is 34.5 Å². The number of thioether (sulfide) groups is 1. The number of nitrogens with two attached hydrogens (primary N) is 1. The van der Waals surface area contributed by atoms with Gasteiger partial charge >= 0.3 is 5.97 Å². The van der Waals surface area contributed by atoms with Crippen LogP contribution in [-0.2, 0) is 20.7 Å². The van der Waals surface area contributed by atoms with Gasteiger partial charge < -0.3 is 15.8 Å². The van der Waals surface area contributed by atoms with Crippen molar-refractivity contribution in [2.24, 2.45) is 0 Å². The van der Waals surface area contributed by atoms with Crippen LogP contribution in [0.25, 0.3) is 0 Å². The predicted octanol–water partition coefficient (Wildman–Crippen LogP) is 2.95. The van der Waals surface area contributed by atoms with Crippen molar-refractivity contribution >= 4 is 45.8 Å². The number of hydrogen-bond donors (Lipinski definition) is 2. The van der Waals surface area contributed by atoms with Crippen molar-refractivity contribution in [2.45, 2.75) is 30.4 Å². The number of carbonyl (C=O) groups excluding carboxylic acids is 2. The van der Waals surface area contributed by atoms with Crippen LogP contribution >= 0.6 is 23.1 Å². The number of nitrogens with zero attached hydrogens (tertiary/aromatic N) is 1. The standard InChI is InChI=1S/C16H19N3O3S2/c1-3-22-14(20)8-12-9-23-16(18-12)19-15(21)10(2)24-13-6-4-11(17)5-7-13/h4-7,9-10H,3,8,17H2,1-2H3,(H,18,19,21). The maximum atomic E-state index is 12.2. The zero-order valence-corrected chi connectivity index (χ0v) is 15.1. The molecule has 2 rings (SSSR count). The molecule has 1 heterocycles. The van der Waals surface area contributed by atoms with Gasteiger partial charge in [0, 0.05) is 16.0 Å². The summed E-state index contributed by atoms with van der Waals surface area (Å²) in [5.41, 5.74) is 6.93. The summed E-state index contributed by atoms with van der Waals surface area (Å²) in [4.78, 5) is 28.9. The van der Waals surface area contributed by atoms with Crippen molar-refractivity contribution in [2.75, 3.05) is 17.7 Å². The van der Waals surface area contributed by atoms with E-state index in [2.05, 4.69) is 10.3 Å². The zero-order valence-electron chi connectivity index (χ0n) is 13.4. The Hall–Kier alpha value is -2.06. The summed E-state index contributed by atoms with van der Waals surface area (Å²) in [6.07, 6.45) is 0.107. The molecule has 8 heteroatoms. The van der Waals surface area contributed by atoms with Crippen molar-refractivity contribution in [3.63, 3.8) is 0 Å². The van der Waals surface area contributed by atoms with Crippen LogP contribution in [0.2, 0.25) is 0 Å². The second-order valence-corrected chi connectivity index (χ2v) is 7.22. The van der Waals surface area contributed by atoms with Gasteiger partial charge in [0.15, 0.2) is 5.13 Å². The fourth-order valence-electron chi connectivity index (χ4n) is 1.82. The van der Waals surface area contributed by atoms with Gasteiger partial charge in [0.05, 0.1) is 24.0 Å². The molecule has 0 saturated heterocycles. The van der Waals surface area contributed by atoms with Crippen LogP contribution in [0.5, 0.6) is 0 Å². The molecule has 6 nitrogen and oxygen atoms in total. The van der Waals surface area contributed by atoms with Crippen molar-refractivity contribution in [1.29, 1.82) is 0 Å². The molecule has 1 atom stereocenters. The third-order valence-electron chi connectivity index (χ3n) is 2.97. The third-order valence-corrected chi connectivity index (χ3v) is 4.89. The van der Waals surface area contributed by atoms with Gasteiger partial charge in [-0.1, -0.05) is 0 Å². The maximum Gasteiger partial charge on any atom is 0.311 e. The number of thiazole rings is 1. The molecule has 1 aromatic heterocycles. The molecule has 1 amide bonds. The number of benzene rings is 1. The molecule has 0 saturated carbocycles. The van der Waals surface area contributed by atoms with Gasteiger partial charge in [-0.25, -0.2) is 4.98 Å². The lowest BCUT2D eigenvalue weighted by molar-refractivity contribution is -0.142. The smallest absolute Gasteiger partial charge is 0.311 e. The van der Waals surface area contributed by atoms with E-state index < -0.39 is 0 Å². The van der Waals surface area contributed by atoms with E-state index in [0.717, 1.165) is 4.90 Å². The second-order valence-electron chi connectivity index (χ2n) is 4.94. The van der Waals surface area contributed by atoms with E-state index in [9.17, 15) is 9.59 Å². The molecule has 128 valence electrons. The molecule has 1 aromatic carbocycles. The van der Waals surface area contributed by atoms with E-state index in [1.54, 1.807) is 24.4 Å². The summed E-state index contributed by atoms with van der Waals surface area (Å²) in [6, 6.07) is 7.36. The summed E-state index contributed by atoms with van der Waals surface area (Å²) in [7, 11) is 0. The lowest BCUT2D eigenvalue weighted by Gasteiger charge is -2.10. The first-order valence-corrected chi connectivity index (χ1v) is 9.17. The minimum atomic E-state index is -0.326. The summed E-state index contributed by atoms with van der Waals surface area (Å²) in [6.45, 7) is 3.92. The number of carbonyl (C=O) groups is 2. The van der Waals surface area contributed by atoms with Gasteiger partial charge in [-0.3, -0.25) is 9.59 Å². The Morgan fingerprint density at radius 3 is 2.75 bits per heavy atom. The molecular formula is C16H19N3O3S2. The number of anilines is 2. The van der Waals surface area contributed by atoms with E-state index in [1.807, 2.05) is 19.1 Å². The number of esters is 1. The van der Waals surface area contributed by atoms with Gasteiger partial charge in [-0.2, -0.15) is 0 Å². The summed E-state index contributed by atoms with van der Waals surface area (Å²) >= 11 is 2.73. The first-order chi connectivity index (χ1) is 11.5. The fraction of sp³-hybridized carbons (Fsp3) is 0.312. The number of nitrogen functional groups attached to an aromatic ring is 1. The van der Waals surface area contributed by atoms with Gasteiger partial charge in [0.25, 0.3) is 0 Å².